The van der Waals surface area contributed by atoms with Crippen molar-refractivity contribution in [2.24, 2.45) is 5.92 Å². The summed E-state index contributed by atoms with van der Waals surface area (Å²) >= 11 is 1.46. The number of pyridine rings is 1. The van der Waals surface area contributed by atoms with E-state index in [0.717, 1.165) is 61.0 Å². The van der Waals surface area contributed by atoms with E-state index in [1.54, 1.807) is 12.4 Å². The third kappa shape index (κ3) is 5.68. The van der Waals surface area contributed by atoms with Gasteiger partial charge in [0, 0.05) is 36.7 Å². The second-order valence-corrected chi connectivity index (χ2v) is 10.1. The SMILES string of the molecule is CCc1ccc(-n2c(SCC(=O)N3CCC(Cc4ccccc4)CC3)nnc2-c2ccncc2)cc1. The van der Waals surface area contributed by atoms with Crippen molar-refractivity contribution in [2.75, 3.05) is 18.8 Å². The molecule has 1 saturated heterocycles. The largest absolute Gasteiger partial charge is 0.342 e. The van der Waals surface area contributed by atoms with Crippen molar-refractivity contribution in [3.05, 3.63) is 90.3 Å². The van der Waals surface area contributed by atoms with Gasteiger partial charge in [-0.2, -0.15) is 0 Å². The number of carbonyl (C=O) groups excluding carboxylic acids is 1. The zero-order valence-corrected chi connectivity index (χ0v) is 21.4. The molecule has 0 aliphatic carbocycles. The molecular formula is C29H31N5OS. The van der Waals surface area contributed by atoms with Crippen molar-refractivity contribution < 1.29 is 4.79 Å². The fourth-order valence-electron chi connectivity index (χ4n) is 4.72. The third-order valence-corrected chi connectivity index (χ3v) is 7.75. The molecule has 3 heterocycles. The lowest BCUT2D eigenvalue weighted by Gasteiger charge is -2.32. The van der Waals surface area contributed by atoms with Gasteiger partial charge in [-0.25, -0.2) is 0 Å². The number of hydrogen-bond acceptors (Lipinski definition) is 5. The van der Waals surface area contributed by atoms with Crippen LogP contribution in [0, 0.1) is 5.92 Å². The van der Waals surface area contributed by atoms with Gasteiger partial charge in [-0.05, 0) is 67.0 Å². The molecule has 1 amide bonds. The van der Waals surface area contributed by atoms with Crippen LogP contribution in [0.2, 0.25) is 0 Å². The molecule has 0 spiro atoms. The Morgan fingerprint density at radius 1 is 0.917 bits per heavy atom. The highest BCUT2D eigenvalue weighted by atomic mass is 32.2. The van der Waals surface area contributed by atoms with Crippen LogP contribution in [-0.4, -0.2) is 49.4 Å². The predicted molar refractivity (Wildman–Crippen MR) is 144 cm³/mol. The maximum Gasteiger partial charge on any atom is 0.233 e. The van der Waals surface area contributed by atoms with Gasteiger partial charge in [0.2, 0.25) is 5.91 Å². The van der Waals surface area contributed by atoms with Crippen LogP contribution >= 0.6 is 11.8 Å². The number of piperidine rings is 1. The highest BCUT2D eigenvalue weighted by Gasteiger charge is 2.24. The van der Waals surface area contributed by atoms with Crippen LogP contribution in [0.1, 0.15) is 30.9 Å². The van der Waals surface area contributed by atoms with Crippen LogP contribution in [0.3, 0.4) is 0 Å². The molecule has 0 atom stereocenters. The van der Waals surface area contributed by atoms with Gasteiger partial charge in [0.05, 0.1) is 5.75 Å². The van der Waals surface area contributed by atoms with Gasteiger partial charge in [0.1, 0.15) is 0 Å². The van der Waals surface area contributed by atoms with E-state index in [9.17, 15) is 4.79 Å². The molecule has 36 heavy (non-hydrogen) atoms. The standard InChI is InChI=1S/C29H31N5OS/c1-2-22-8-10-26(11-9-22)34-28(25-12-16-30-17-13-25)31-32-29(34)36-21-27(35)33-18-14-24(15-19-33)20-23-6-4-3-5-7-23/h3-13,16-17,24H,2,14-15,18-21H2,1H3. The third-order valence-electron chi connectivity index (χ3n) is 6.83. The number of carbonyl (C=O) groups is 1. The highest BCUT2D eigenvalue weighted by molar-refractivity contribution is 7.99. The molecule has 2 aromatic heterocycles. The summed E-state index contributed by atoms with van der Waals surface area (Å²) in [5, 5.41) is 9.68. The quantitative estimate of drug-likeness (QED) is 0.302. The van der Waals surface area contributed by atoms with E-state index >= 15 is 0 Å². The first-order valence-corrected chi connectivity index (χ1v) is 13.6. The Kier molecular flexibility index (Phi) is 7.76. The molecule has 1 aliphatic heterocycles. The summed E-state index contributed by atoms with van der Waals surface area (Å²) in [5.74, 6) is 1.91. The van der Waals surface area contributed by atoms with Crippen LogP contribution < -0.4 is 0 Å². The Balaban J connectivity index is 1.26. The minimum Gasteiger partial charge on any atom is -0.342 e. The summed E-state index contributed by atoms with van der Waals surface area (Å²) in [6, 6.07) is 23.0. The zero-order chi connectivity index (χ0) is 24.7. The molecule has 5 rings (SSSR count). The lowest BCUT2D eigenvalue weighted by molar-refractivity contribution is -0.129. The van der Waals surface area contributed by atoms with E-state index in [2.05, 4.69) is 76.7 Å². The van der Waals surface area contributed by atoms with E-state index in [1.165, 1.54) is 22.9 Å². The molecule has 2 aromatic carbocycles. The lowest BCUT2D eigenvalue weighted by atomic mass is 9.90. The molecule has 0 unspecified atom stereocenters. The van der Waals surface area contributed by atoms with Gasteiger partial charge < -0.3 is 4.90 Å². The first-order chi connectivity index (χ1) is 17.7. The number of benzene rings is 2. The minimum atomic E-state index is 0.166. The topological polar surface area (TPSA) is 63.9 Å². The Hall–Kier alpha value is -3.45. The monoisotopic (exact) mass is 497 g/mol. The van der Waals surface area contributed by atoms with Gasteiger partial charge in [0.25, 0.3) is 0 Å². The number of aryl methyl sites for hydroxylation is 1. The van der Waals surface area contributed by atoms with E-state index in [1.807, 2.05) is 21.6 Å². The number of hydrogen-bond donors (Lipinski definition) is 0. The smallest absolute Gasteiger partial charge is 0.233 e. The first-order valence-electron chi connectivity index (χ1n) is 12.6. The van der Waals surface area contributed by atoms with Crippen LogP contribution in [0.4, 0.5) is 0 Å². The number of nitrogens with zero attached hydrogens (tertiary/aromatic N) is 5. The predicted octanol–water partition coefficient (Wildman–Crippen LogP) is 5.47. The molecule has 4 aromatic rings. The van der Waals surface area contributed by atoms with E-state index in [4.69, 9.17) is 0 Å². The average Bonchev–Trinajstić information content (AvgIpc) is 3.37. The number of thioether (sulfide) groups is 1. The van der Waals surface area contributed by atoms with Crippen molar-refractivity contribution >= 4 is 17.7 Å². The Labute approximate surface area is 216 Å². The Bertz CT molecular complexity index is 1270. The van der Waals surface area contributed by atoms with Crippen LogP contribution in [0.5, 0.6) is 0 Å². The van der Waals surface area contributed by atoms with E-state index < -0.39 is 0 Å². The molecule has 1 fully saturated rings. The van der Waals surface area contributed by atoms with Crippen molar-refractivity contribution in [3.8, 4) is 17.1 Å². The molecule has 7 heteroatoms. The van der Waals surface area contributed by atoms with Gasteiger partial charge in [0.15, 0.2) is 11.0 Å². The molecule has 184 valence electrons. The summed E-state index contributed by atoms with van der Waals surface area (Å²) in [4.78, 5) is 19.2. The van der Waals surface area contributed by atoms with Crippen molar-refractivity contribution in [2.45, 2.75) is 37.8 Å². The molecule has 0 radical (unpaired) electrons. The summed E-state index contributed by atoms with van der Waals surface area (Å²) < 4.78 is 2.04. The fraction of sp³-hybridized carbons (Fsp3) is 0.310. The molecule has 0 N–H and O–H groups in total. The Morgan fingerprint density at radius 3 is 2.33 bits per heavy atom. The normalized spacial score (nSPS) is 14.2. The second-order valence-electron chi connectivity index (χ2n) is 9.20. The zero-order valence-electron chi connectivity index (χ0n) is 20.6. The van der Waals surface area contributed by atoms with Gasteiger partial charge in [-0.3, -0.25) is 14.3 Å². The second kappa shape index (κ2) is 11.5. The van der Waals surface area contributed by atoms with Gasteiger partial charge in [-0.1, -0.05) is 61.2 Å². The number of amides is 1. The lowest BCUT2D eigenvalue weighted by Crippen LogP contribution is -2.39. The maximum atomic E-state index is 13.1. The summed E-state index contributed by atoms with van der Waals surface area (Å²) in [6.45, 7) is 3.79. The van der Waals surface area contributed by atoms with Crippen molar-refractivity contribution in [3.63, 3.8) is 0 Å². The minimum absolute atomic E-state index is 0.166. The Morgan fingerprint density at radius 2 is 1.64 bits per heavy atom. The van der Waals surface area contributed by atoms with E-state index in [-0.39, 0.29) is 5.91 Å². The fourth-order valence-corrected chi connectivity index (χ4v) is 5.57. The number of aromatic nitrogens is 4. The number of rotatable bonds is 8. The molecular weight excluding hydrogens is 466 g/mol. The van der Waals surface area contributed by atoms with Crippen molar-refractivity contribution in [1.82, 2.24) is 24.6 Å². The van der Waals surface area contributed by atoms with Gasteiger partial charge >= 0.3 is 0 Å². The highest BCUT2D eigenvalue weighted by Crippen LogP contribution is 2.29. The molecule has 1 aliphatic rings. The summed E-state index contributed by atoms with van der Waals surface area (Å²) in [7, 11) is 0. The summed E-state index contributed by atoms with van der Waals surface area (Å²) in [6.07, 6.45) is 7.70. The van der Waals surface area contributed by atoms with Crippen LogP contribution in [0.25, 0.3) is 17.1 Å². The molecule has 0 bridgehead atoms. The van der Waals surface area contributed by atoms with Crippen molar-refractivity contribution in [1.29, 1.82) is 0 Å². The first kappa shape index (κ1) is 24.3. The molecule has 0 saturated carbocycles. The molecule has 6 nitrogen and oxygen atoms in total. The van der Waals surface area contributed by atoms with Crippen LogP contribution in [0.15, 0.2) is 84.3 Å². The van der Waals surface area contributed by atoms with E-state index in [0.29, 0.717) is 11.7 Å². The van der Waals surface area contributed by atoms with Gasteiger partial charge in [-0.15, -0.1) is 10.2 Å². The number of likely N-dealkylation sites (tertiary alicyclic amines) is 1. The van der Waals surface area contributed by atoms with Crippen LogP contribution in [-0.2, 0) is 17.6 Å². The maximum absolute atomic E-state index is 13.1. The summed E-state index contributed by atoms with van der Waals surface area (Å²) in [5.41, 5.74) is 4.59. The average molecular weight is 498 g/mol.